The number of nitrogens with one attached hydrogen (secondary N) is 1. The number of para-hydroxylation sites is 2. The lowest BCUT2D eigenvalue weighted by molar-refractivity contribution is -0.122. The molecule has 25 heavy (non-hydrogen) atoms. The number of Topliss-reactive ketones (excluding diaryl/α,β-unsaturated/α-hetero) is 1. The first-order valence-electron chi connectivity index (χ1n) is 8.40. The summed E-state index contributed by atoms with van der Waals surface area (Å²) >= 11 is 2.66. The van der Waals surface area contributed by atoms with Crippen LogP contribution in [0.4, 0.5) is 11.4 Å². The van der Waals surface area contributed by atoms with E-state index in [-0.39, 0.29) is 17.6 Å². The standard InChI is InChI=1S/C20H23N2O2.Al/c1-3-6-19(23)14(2)13-15-9-11-16(12-10-15)20(24)22-18-8-5-4-7-17(18)21;/h3-5,7-12,14H,6,13,21H2,1-2H3,(H,22,24);/t14-;/m0./s1. The van der Waals surface area contributed by atoms with Crippen molar-refractivity contribution in [2.75, 3.05) is 11.1 Å². The molecule has 0 aromatic heterocycles. The highest BCUT2D eigenvalue weighted by Gasteiger charge is 2.15. The third-order valence-electron chi connectivity index (χ3n) is 4.04. The molecule has 0 unspecified atom stereocenters. The van der Waals surface area contributed by atoms with Crippen molar-refractivity contribution < 1.29 is 9.59 Å². The number of hydrogen-bond acceptors (Lipinski definition) is 3. The fraction of sp³-hybridized carbons (Fsp3) is 0.300. The molecule has 0 aliphatic heterocycles. The average molecular weight is 350 g/mol. The largest absolute Gasteiger partial charge is 0.397 e. The SMILES string of the molecule is C[C@@H]([Al])CC(=O)[C@@H](C)Cc1ccc(C(=O)Nc2ccccc2N)cc1. The molecule has 4 nitrogen and oxygen atoms in total. The minimum absolute atomic E-state index is 0.0215. The number of benzene rings is 2. The zero-order chi connectivity index (χ0) is 18.4. The fourth-order valence-electron chi connectivity index (χ4n) is 2.58. The molecule has 2 aromatic rings. The molecule has 0 aliphatic rings. The molecule has 0 spiro atoms. The van der Waals surface area contributed by atoms with Crippen LogP contribution in [0, 0.1) is 5.92 Å². The Kier molecular flexibility index (Phi) is 6.81. The van der Waals surface area contributed by atoms with E-state index >= 15 is 0 Å². The molecule has 5 heteroatoms. The lowest BCUT2D eigenvalue weighted by Gasteiger charge is -2.13. The lowest BCUT2D eigenvalue weighted by atomic mass is 9.94. The molecule has 0 bridgehead atoms. The number of amides is 1. The van der Waals surface area contributed by atoms with Gasteiger partial charge in [-0.05, 0) is 42.7 Å². The molecule has 2 rings (SSSR count). The van der Waals surface area contributed by atoms with Gasteiger partial charge in [-0.1, -0.05) is 38.1 Å². The van der Waals surface area contributed by atoms with Crippen LogP contribution in [0.2, 0.25) is 4.78 Å². The van der Waals surface area contributed by atoms with Gasteiger partial charge in [0.25, 0.3) is 5.91 Å². The third kappa shape index (κ3) is 5.74. The monoisotopic (exact) mass is 350 g/mol. The van der Waals surface area contributed by atoms with Crippen molar-refractivity contribution >= 4 is 39.4 Å². The highest BCUT2D eigenvalue weighted by Crippen LogP contribution is 2.19. The number of hydrogen-bond donors (Lipinski definition) is 2. The Morgan fingerprint density at radius 2 is 1.72 bits per heavy atom. The molecule has 2 aromatic carbocycles. The summed E-state index contributed by atoms with van der Waals surface area (Å²) < 4.78 is 0.298. The van der Waals surface area contributed by atoms with Gasteiger partial charge in [0.05, 0.1) is 11.4 Å². The van der Waals surface area contributed by atoms with Crippen LogP contribution in [0.15, 0.2) is 48.5 Å². The maximum atomic E-state index is 12.3. The van der Waals surface area contributed by atoms with E-state index in [1.165, 1.54) is 0 Å². The Balaban J connectivity index is 1.98. The van der Waals surface area contributed by atoms with Crippen LogP contribution in [0.25, 0.3) is 0 Å². The van der Waals surface area contributed by atoms with Gasteiger partial charge in [0, 0.05) is 11.5 Å². The molecule has 1 amide bonds. The van der Waals surface area contributed by atoms with E-state index in [0.29, 0.717) is 34.6 Å². The first-order valence-corrected chi connectivity index (χ1v) is 9.06. The second kappa shape index (κ2) is 8.85. The van der Waals surface area contributed by atoms with Gasteiger partial charge in [-0.2, -0.15) is 0 Å². The van der Waals surface area contributed by atoms with Gasteiger partial charge in [-0.3, -0.25) is 9.59 Å². The number of ketones is 1. The van der Waals surface area contributed by atoms with Crippen molar-refractivity contribution in [3.05, 3.63) is 59.7 Å². The zero-order valence-corrected chi connectivity index (χ0v) is 15.8. The second-order valence-corrected chi connectivity index (χ2v) is 7.63. The molecule has 0 aliphatic carbocycles. The van der Waals surface area contributed by atoms with Crippen LogP contribution < -0.4 is 11.1 Å². The number of nitrogens with two attached hydrogens (primary N) is 1. The lowest BCUT2D eigenvalue weighted by Crippen LogP contribution is -2.15. The summed E-state index contributed by atoms with van der Waals surface area (Å²) in [6.45, 7) is 3.97. The number of anilines is 2. The third-order valence-corrected chi connectivity index (χ3v) is 4.28. The van der Waals surface area contributed by atoms with E-state index in [1.54, 1.807) is 24.3 Å². The van der Waals surface area contributed by atoms with Crippen LogP contribution in [-0.4, -0.2) is 28.0 Å². The van der Waals surface area contributed by atoms with E-state index in [1.807, 2.05) is 38.1 Å². The fourth-order valence-corrected chi connectivity index (χ4v) is 2.82. The van der Waals surface area contributed by atoms with Gasteiger partial charge in [-0.15, -0.1) is 4.78 Å². The summed E-state index contributed by atoms with van der Waals surface area (Å²) in [4.78, 5) is 24.4. The van der Waals surface area contributed by atoms with Gasteiger partial charge in [0.2, 0.25) is 0 Å². The predicted molar refractivity (Wildman–Crippen MR) is 103 cm³/mol. The normalized spacial score (nSPS) is 13.0. The van der Waals surface area contributed by atoms with Crippen molar-refractivity contribution in [3.8, 4) is 0 Å². The summed E-state index contributed by atoms with van der Waals surface area (Å²) in [5.41, 5.74) is 8.58. The highest BCUT2D eigenvalue weighted by molar-refractivity contribution is 6.13. The van der Waals surface area contributed by atoms with E-state index in [0.717, 1.165) is 5.56 Å². The molecular formula is C20H23AlN2O2. The van der Waals surface area contributed by atoms with Crippen LogP contribution in [0.3, 0.4) is 0 Å². The Bertz CT molecular complexity index is 742. The molecule has 0 saturated heterocycles. The van der Waals surface area contributed by atoms with Gasteiger partial charge >= 0.3 is 0 Å². The molecule has 0 heterocycles. The smallest absolute Gasteiger partial charge is 0.255 e. The Morgan fingerprint density at radius 1 is 1.08 bits per heavy atom. The van der Waals surface area contributed by atoms with E-state index in [2.05, 4.69) is 21.6 Å². The zero-order valence-electron chi connectivity index (χ0n) is 14.7. The Morgan fingerprint density at radius 3 is 2.32 bits per heavy atom. The quantitative estimate of drug-likeness (QED) is 0.591. The van der Waals surface area contributed by atoms with Crippen LogP contribution in [0.5, 0.6) is 0 Å². The summed E-state index contributed by atoms with van der Waals surface area (Å²) in [5, 5.41) is 2.81. The number of carbonyl (C=O) groups excluding carboxylic acids is 2. The number of nitrogen functional groups attached to an aromatic ring is 1. The van der Waals surface area contributed by atoms with Crippen LogP contribution in [-0.2, 0) is 11.2 Å². The minimum Gasteiger partial charge on any atom is -0.397 e. The highest BCUT2D eigenvalue weighted by atomic mass is 27.0. The summed E-state index contributed by atoms with van der Waals surface area (Å²) in [7, 11) is 0. The summed E-state index contributed by atoms with van der Waals surface area (Å²) in [5.74, 6) is 0.0427. The second-order valence-electron chi connectivity index (χ2n) is 6.49. The molecule has 0 fully saturated rings. The van der Waals surface area contributed by atoms with Crippen molar-refractivity contribution in [2.24, 2.45) is 5.92 Å². The van der Waals surface area contributed by atoms with Gasteiger partial charge < -0.3 is 11.1 Å². The Labute approximate surface area is 157 Å². The summed E-state index contributed by atoms with van der Waals surface area (Å²) in [6, 6.07) is 14.5. The number of rotatable bonds is 7. The molecule has 128 valence electrons. The van der Waals surface area contributed by atoms with Crippen LogP contribution in [0.1, 0.15) is 36.2 Å². The van der Waals surface area contributed by atoms with E-state index < -0.39 is 0 Å². The maximum Gasteiger partial charge on any atom is 0.255 e. The van der Waals surface area contributed by atoms with Crippen molar-refractivity contribution in [1.29, 1.82) is 0 Å². The van der Waals surface area contributed by atoms with Crippen molar-refractivity contribution in [3.63, 3.8) is 0 Å². The van der Waals surface area contributed by atoms with Crippen molar-refractivity contribution in [1.82, 2.24) is 0 Å². The number of carbonyl (C=O) groups is 2. The minimum atomic E-state index is -0.203. The Hall–Kier alpha value is -2.09. The van der Waals surface area contributed by atoms with Gasteiger partial charge in [0.1, 0.15) is 22.1 Å². The van der Waals surface area contributed by atoms with Gasteiger partial charge in [0.15, 0.2) is 0 Å². The molecular weight excluding hydrogens is 327 g/mol. The molecule has 0 saturated carbocycles. The first-order chi connectivity index (χ1) is 11.9. The average Bonchev–Trinajstić information content (AvgIpc) is 2.57. The van der Waals surface area contributed by atoms with Crippen LogP contribution >= 0.6 is 0 Å². The van der Waals surface area contributed by atoms with Crippen molar-refractivity contribution in [2.45, 2.75) is 31.5 Å². The summed E-state index contributed by atoms with van der Waals surface area (Å²) in [6.07, 6.45) is 1.26. The topological polar surface area (TPSA) is 72.2 Å². The molecule has 3 N–H and O–H groups in total. The van der Waals surface area contributed by atoms with Gasteiger partial charge in [-0.25, -0.2) is 0 Å². The van der Waals surface area contributed by atoms with E-state index in [9.17, 15) is 9.59 Å². The molecule has 2 atom stereocenters. The first kappa shape index (κ1) is 19.2. The predicted octanol–water partition coefficient (Wildman–Crippen LogP) is 3.64. The maximum absolute atomic E-state index is 12.3. The molecule has 2 radical (unpaired) electrons. The van der Waals surface area contributed by atoms with E-state index in [4.69, 9.17) is 5.73 Å².